The zero-order chi connectivity index (χ0) is 26.5. The highest BCUT2D eigenvalue weighted by Crippen LogP contribution is 2.38. The summed E-state index contributed by atoms with van der Waals surface area (Å²) in [5, 5.41) is 6.90. The number of hydrogen-bond acceptors (Lipinski definition) is 8. The molecule has 3 aromatic rings. The smallest absolute Gasteiger partial charge is 0.223 e. The number of piperazine rings is 1. The Balaban J connectivity index is 1.28. The zero-order valence-corrected chi connectivity index (χ0v) is 22.4. The number of anilines is 6. The third-order valence-corrected chi connectivity index (χ3v) is 7.21. The lowest BCUT2D eigenvalue weighted by molar-refractivity contribution is -0.116. The van der Waals surface area contributed by atoms with E-state index in [1.54, 1.807) is 27.3 Å². The largest absolute Gasteiger partial charge is 0.494 e. The third-order valence-electron chi connectivity index (χ3n) is 7.21. The summed E-state index contributed by atoms with van der Waals surface area (Å²) in [6.45, 7) is 8.04. The summed E-state index contributed by atoms with van der Waals surface area (Å²) in [5.74, 6) is 1.52. The van der Waals surface area contributed by atoms with Gasteiger partial charge in [0.2, 0.25) is 5.91 Å². The SMILES string of the molecule is COCCN1CCN(c2ccc(Nc3cc(Nc4cccc5c4N(C(C)=O)CC5)ccn3)c(OC)c2)CC1. The Labute approximate surface area is 224 Å². The van der Waals surface area contributed by atoms with Crippen molar-refractivity contribution in [2.45, 2.75) is 13.3 Å². The second kappa shape index (κ2) is 11.7. The average molecular weight is 517 g/mol. The first-order valence-corrected chi connectivity index (χ1v) is 13.1. The maximum Gasteiger partial charge on any atom is 0.223 e. The topological polar surface area (TPSA) is 82.2 Å². The van der Waals surface area contributed by atoms with E-state index in [1.165, 1.54) is 5.56 Å². The van der Waals surface area contributed by atoms with Crippen LogP contribution in [0.1, 0.15) is 12.5 Å². The Kier molecular flexibility index (Phi) is 7.95. The summed E-state index contributed by atoms with van der Waals surface area (Å²) in [5.41, 5.74) is 5.94. The monoisotopic (exact) mass is 516 g/mol. The molecule has 1 amide bonds. The number of benzene rings is 2. The van der Waals surface area contributed by atoms with Crippen LogP contribution in [0.3, 0.4) is 0 Å². The van der Waals surface area contributed by atoms with Gasteiger partial charge in [-0.15, -0.1) is 0 Å². The first-order chi connectivity index (χ1) is 18.6. The van der Waals surface area contributed by atoms with Gasteiger partial charge in [0.15, 0.2) is 0 Å². The number of amides is 1. The predicted octanol–water partition coefficient (Wildman–Crippen LogP) is 4.25. The van der Waals surface area contributed by atoms with Crippen LogP contribution in [0.15, 0.2) is 54.7 Å². The number of methoxy groups -OCH3 is 2. The normalized spacial score (nSPS) is 15.3. The van der Waals surface area contributed by atoms with Crippen molar-refractivity contribution >= 4 is 40.2 Å². The highest BCUT2D eigenvalue weighted by Gasteiger charge is 2.25. The van der Waals surface area contributed by atoms with Crippen molar-refractivity contribution in [1.82, 2.24) is 9.88 Å². The quantitative estimate of drug-likeness (QED) is 0.437. The second-order valence-corrected chi connectivity index (χ2v) is 9.62. The molecular weight excluding hydrogens is 480 g/mol. The molecule has 38 heavy (non-hydrogen) atoms. The highest BCUT2D eigenvalue weighted by molar-refractivity contribution is 5.98. The Morgan fingerprint density at radius 3 is 2.58 bits per heavy atom. The molecule has 0 spiro atoms. The van der Waals surface area contributed by atoms with Gasteiger partial charge in [-0.05, 0) is 36.2 Å². The average Bonchev–Trinajstić information content (AvgIpc) is 3.38. The van der Waals surface area contributed by atoms with Gasteiger partial charge in [0.25, 0.3) is 0 Å². The minimum atomic E-state index is 0.0543. The molecule has 1 aromatic heterocycles. The molecule has 0 aliphatic carbocycles. The van der Waals surface area contributed by atoms with Gasteiger partial charge < -0.3 is 29.9 Å². The molecule has 2 aliphatic rings. The number of hydrogen-bond donors (Lipinski definition) is 2. The minimum absolute atomic E-state index is 0.0543. The van der Waals surface area contributed by atoms with Gasteiger partial charge in [-0.1, -0.05) is 12.1 Å². The lowest BCUT2D eigenvalue weighted by Crippen LogP contribution is -2.47. The molecule has 0 bridgehead atoms. The summed E-state index contributed by atoms with van der Waals surface area (Å²) in [6.07, 6.45) is 2.63. The van der Waals surface area contributed by atoms with Crippen molar-refractivity contribution in [3.8, 4) is 5.75 Å². The molecule has 9 heteroatoms. The van der Waals surface area contributed by atoms with Crippen LogP contribution >= 0.6 is 0 Å². The van der Waals surface area contributed by atoms with Crippen LogP contribution in [-0.2, 0) is 16.0 Å². The molecular formula is C29H36N6O3. The summed E-state index contributed by atoms with van der Waals surface area (Å²) in [7, 11) is 3.44. The first kappa shape index (κ1) is 25.8. The standard InChI is InChI=1S/C29H36N6O3/c1-21(36)35-12-10-22-5-4-6-26(29(22)35)31-23-9-11-30-28(19-23)32-25-8-7-24(20-27(25)38-3)34-15-13-33(14-16-34)17-18-37-2/h4-9,11,19-20H,10,12-18H2,1-3H3,(H2,30,31,32). The van der Waals surface area contributed by atoms with Crippen LogP contribution < -0.4 is 25.2 Å². The van der Waals surface area contributed by atoms with E-state index in [9.17, 15) is 4.79 Å². The minimum Gasteiger partial charge on any atom is -0.494 e. The van der Waals surface area contributed by atoms with Gasteiger partial charge in [-0.2, -0.15) is 0 Å². The van der Waals surface area contributed by atoms with Gasteiger partial charge in [0, 0.05) is 83.0 Å². The molecule has 0 saturated carbocycles. The highest BCUT2D eigenvalue weighted by atomic mass is 16.5. The molecule has 5 rings (SSSR count). The molecule has 9 nitrogen and oxygen atoms in total. The van der Waals surface area contributed by atoms with E-state index in [1.807, 2.05) is 35.2 Å². The van der Waals surface area contributed by atoms with Crippen molar-refractivity contribution in [3.63, 3.8) is 0 Å². The Hall–Kier alpha value is -3.82. The molecule has 200 valence electrons. The zero-order valence-electron chi connectivity index (χ0n) is 22.4. The fourth-order valence-electron chi connectivity index (χ4n) is 5.17. The van der Waals surface area contributed by atoms with E-state index < -0.39 is 0 Å². The van der Waals surface area contributed by atoms with Crippen molar-refractivity contribution in [3.05, 3.63) is 60.3 Å². The van der Waals surface area contributed by atoms with Crippen LogP contribution in [0.2, 0.25) is 0 Å². The first-order valence-electron chi connectivity index (χ1n) is 13.1. The number of pyridine rings is 1. The predicted molar refractivity (Wildman–Crippen MR) is 152 cm³/mol. The molecule has 0 radical (unpaired) electrons. The van der Waals surface area contributed by atoms with E-state index in [4.69, 9.17) is 9.47 Å². The van der Waals surface area contributed by atoms with Gasteiger partial charge in [0.05, 0.1) is 30.8 Å². The van der Waals surface area contributed by atoms with Crippen molar-refractivity contribution in [1.29, 1.82) is 0 Å². The number of rotatable bonds is 9. The number of para-hydroxylation sites is 1. The number of fused-ring (bicyclic) bond motifs is 1. The summed E-state index contributed by atoms with van der Waals surface area (Å²) in [4.78, 5) is 23.3. The molecule has 2 aliphatic heterocycles. The molecule has 2 aromatic carbocycles. The fourth-order valence-corrected chi connectivity index (χ4v) is 5.17. The maximum atomic E-state index is 12.2. The maximum absolute atomic E-state index is 12.2. The van der Waals surface area contributed by atoms with E-state index in [2.05, 4.69) is 43.6 Å². The van der Waals surface area contributed by atoms with Crippen molar-refractivity contribution in [2.24, 2.45) is 0 Å². The number of nitrogens with one attached hydrogen (secondary N) is 2. The molecule has 0 atom stereocenters. The van der Waals surface area contributed by atoms with Crippen LogP contribution in [0.4, 0.5) is 34.3 Å². The third kappa shape index (κ3) is 5.69. The number of ether oxygens (including phenoxy) is 2. The number of carbonyl (C=O) groups excluding carboxylic acids is 1. The fraction of sp³-hybridized carbons (Fsp3) is 0.379. The van der Waals surface area contributed by atoms with E-state index in [0.717, 1.165) is 79.9 Å². The van der Waals surface area contributed by atoms with Crippen molar-refractivity contribution in [2.75, 3.05) is 80.5 Å². The number of carbonyl (C=O) groups is 1. The number of nitrogens with zero attached hydrogens (tertiary/aromatic N) is 4. The Bertz CT molecular complexity index is 1270. The summed E-state index contributed by atoms with van der Waals surface area (Å²) in [6, 6.07) is 16.2. The molecule has 0 unspecified atom stereocenters. The number of aromatic nitrogens is 1. The Morgan fingerprint density at radius 1 is 0.974 bits per heavy atom. The molecule has 2 N–H and O–H groups in total. The van der Waals surface area contributed by atoms with Gasteiger partial charge in [0.1, 0.15) is 11.6 Å². The van der Waals surface area contributed by atoms with Gasteiger partial charge in [-0.3, -0.25) is 9.69 Å². The van der Waals surface area contributed by atoms with Crippen LogP contribution in [0.5, 0.6) is 5.75 Å². The van der Waals surface area contributed by atoms with Crippen LogP contribution in [-0.4, -0.2) is 75.9 Å². The van der Waals surface area contributed by atoms with Gasteiger partial charge >= 0.3 is 0 Å². The summed E-state index contributed by atoms with van der Waals surface area (Å²) >= 11 is 0. The van der Waals surface area contributed by atoms with E-state index in [-0.39, 0.29) is 5.91 Å². The second-order valence-electron chi connectivity index (χ2n) is 9.62. The van der Waals surface area contributed by atoms with E-state index >= 15 is 0 Å². The molecule has 1 fully saturated rings. The molecule has 1 saturated heterocycles. The Morgan fingerprint density at radius 2 is 1.82 bits per heavy atom. The lowest BCUT2D eigenvalue weighted by atomic mass is 10.1. The van der Waals surface area contributed by atoms with E-state index in [0.29, 0.717) is 12.4 Å². The van der Waals surface area contributed by atoms with Crippen LogP contribution in [0, 0.1) is 0 Å². The van der Waals surface area contributed by atoms with Crippen LogP contribution in [0.25, 0.3) is 0 Å². The lowest BCUT2D eigenvalue weighted by Gasteiger charge is -2.36. The molecule has 3 heterocycles. The van der Waals surface area contributed by atoms with Gasteiger partial charge in [-0.25, -0.2) is 4.98 Å². The summed E-state index contributed by atoms with van der Waals surface area (Å²) < 4.78 is 11.0. The van der Waals surface area contributed by atoms with Crippen molar-refractivity contribution < 1.29 is 14.3 Å².